The van der Waals surface area contributed by atoms with Crippen LogP contribution in [-0.2, 0) is 9.59 Å². The molecule has 34 heavy (non-hydrogen) atoms. The number of benzene rings is 3. The van der Waals surface area contributed by atoms with Gasteiger partial charge in [-0.3, -0.25) is 29.8 Å². The second-order valence-corrected chi connectivity index (χ2v) is 6.81. The average Bonchev–Trinajstić information content (AvgIpc) is 2.83. The van der Waals surface area contributed by atoms with Crippen LogP contribution in [0.5, 0.6) is 0 Å². The van der Waals surface area contributed by atoms with Crippen molar-refractivity contribution in [3.8, 4) is 6.07 Å². The van der Waals surface area contributed by atoms with E-state index in [-0.39, 0.29) is 28.3 Å². The van der Waals surface area contributed by atoms with E-state index in [1.807, 2.05) is 6.07 Å². The van der Waals surface area contributed by atoms with Crippen LogP contribution >= 0.6 is 0 Å². The van der Waals surface area contributed by atoms with Crippen molar-refractivity contribution in [2.75, 3.05) is 10.6 Å². The summed E-state index contributed by atoms with van der Waals surface area (Å²) in [5, 5.41) is 35.6. The van der Waals surface area contributed by atoms with Gasteiger partial charge in [-0.05, 0) is 48.0 Å². The first-order valence-electron chi connectivity index (χ1n) is 9.60. The topological polar surface area (TPSA) is 168 Å². The first-order valence-corrected chi connectivity index (χ1v) is 9.60. The minimum absolute atomic E-state index is 0.165. The molecule has 0 aliphatic carbocycles. The van der Waals surface area contributed by atoms with Crippen LogP contribution in [0.2, 0.25) is 0 Å². The second kappa shape index (κ2) is 10.3. The summed E-state index contributed by atoms with van der Waals surface area (Å²) in [5.41, 5.74) is 0.677. The molecule has 3 aromatic carbocycles. The number of nitro benzene ring substituents is 2. The van der Waals surface area contributed by atoms with Crippen molar-refractivity contribution in [1.29, 1.82) is 5.26 Å². The largest absolute Gasteiger partial charge is 0.322 e. The predicted molar refractivity (Wildman–Crippen MR) is 123 cm³/mol. The molecule has 0 aromatic heterocycles. The van der Waals surface area contributed by atoms with Gasteiger partial charge >= 0.3 is 0 Å². The molecule has 2 amide bonds. The first-order chi connectivity index (χ1) is 16.3. The van der Waals surface area contributed by atoms with Crippen molar-refractivity contribution in [2.45, 2.75) is 0 Å². The van der Waals surface area contributed by atoms with E-state index >= 15 is 0 Å². The Balaban J connectivity index is 1.88. The van der Waals surface area contributed by atoms with E-state index in [0.717, 1.165) is 0 Å². The summed E-state index contributed by atoms with van der Waals surface area (Å²) >= 11 is 0. The molecule has 3 rings (SSSR count). The van der Waals surface area contributed by atoms with Crippen LogP contribution in [0.15, 0.2) is 78.4 Å². The fourth-order valence-corrected chi connectivity index (χ4v) is 2.78. The number of hydrogen-bond donors (Lipinski definition) is 2. The van der Waals surface area contributed by atoms with Crippen molar-refractivity contribution in [2.24, 2.45) is 0 Å². The maximum Gasteiger partial charge on any atom is 0.269 e. The van der Waals surface area contributed by atoms with Crippen LogP contribution in [-0.4, -0.2) is 21.7 Å². The Morgan fingerprint density at radius 1 is 0.735 bits per heavy atom. The smallest absolute Gasteiger partial charge is 0.269 e. The number of non-ortho nitro benzene ring substituents is 2. The van der Waals surface area contributed by atoms with Crippen LogP contribution in [0, 0.1) is 31.6 Å². The number of nitriles is 1. The van der Waals surface area contributed by atoms with E-state index in [1.165, 1.54) is 66.7 Å². The third-order valence-electron chi connectivity index (χ3n) is 4.51. The summed E-state index contributed by atoms with van der Waals surface area (Å²) < 4.78 is 0. The molecule has 0 heterocycles. The van der Waals surface area contributed by atoms with Gasteiger partial charge in [-0.1, -0.05) is 12.1 Å². The zero-order valence-electron chi connectivity index (χ0n) is 17.3. The predicted octanol–water partition coefficient (Wildman–Crippen LogP) is 4.04. The Morgan fingerprint density at radius 3 is 1.50 bits per heavy atom. The summed E-state index contributed by atoms with van der Waals surface area (Å²) in [6.45, 7) is 0. The normalized spacial score (nSPS) is 9.85. The Labute approximate surface area is 192 Å². The van der Waals surface area contributed by atoms with Crippen molar-refractivity contribution in [3.05, 3.63) is 110 Å². The van der Waals surface area contributed by atoms with E-state index in [9.17, 15) is 29.8 Å². The highest BCUT2D eigenvalue weighted by atomic mass is 16.6. The number of amides is 2. The molecule has 168 valence electrons. The molecule has 11 nitrogen and oxygen atoms in total. The minimum Gasteiger partial charge on any atom is -0.322 e. The molecule has 0 unspecified atom stereocenters. The molecular weight excluding hydrogens is 442 g/mol. The highest BCUT2D eigenvalue weighted by Gasteiger charge is 2.20. The number of anilines is 2. The molecule has 0 fully saturated rings. The van der Waals surface area contributed by atoms with E-state index in [0.29, 0.717) is 11.1 Å². The molecule has 11 heteroatoms. The summed E-state index contributed by atoms with van der Waals surface area (Å²) in [5.74, 6) is -1.59. The number of carbonyl (C=O) groups excluding carboxylic acids is 2. The van der Waals surface area contributed by atoms with Crippen LogP contribution in [0.25, 0.3) is 6.08 Å². The number of nitrogens with one attached hydrogen (secondary N) is 2. The zero-order valence-corrected chi connectivity index (χ0v) is 17.3. The third-order valence-corrected chi connectivity index (χ3v) is 4.51. The summed E-state index contributed by atoms with van der Waals surface area (Å²) in [6.07, 6.45) is 1.31. The van der Waals surface area contributed by atoms with Gasteiger partial charge in [-0.25, -0.2) is 0 Å². The Kier molecular flexibility index (Phi) is 7.05. The Hall–Kier alpha value is -5.37. The molecule has 2 N–H and O–H groups in total. The summed E-state index contributed by atoms with van der Waals surface area (Å²) in [4.78, 5) is 46.3. The van der Waals surface area contributed by atoms with E-state index < -0.39 is 21.7 Å². The van der Waals surface area contributed by atoms with Gasteiger partial charge in [0, 0.05) is 35.6 Å². The van der Waals surface area contributed by atoms with Crippen LogP contribution in [0.4, 0.5) is 22.7 Å². The number of carbonyl (C=O) groups is 2. The molecule has 0 aliphatic rings. The van der Waals surface area contributed by atoms with Crippen LogP contribution in [0.3, 0.4) is 0 Å². The molecular formula is C23H15N5O6. The van der Waals surface area contributed by atoms with Crippen molar-refractivity contribution >= 4 is 40.6 Å². The van der Waals surface area contributed by atoms with Crippen molar-refractivity contribution in [3.63, 3.8) is 0 Å². The quantitative estimate of drug-likeness (QED) is 0.177. The van der Waals surface area contributed by atoms with Crippen LogP contribution < -0.4 is 10.6 Å². The van der Waals surface area contributed by atoms with E-state index in [2.05, 4.69) is 10.6 Å². The van der Waals surface area contributed by atoms with Gasteiger partial charge in [0.1, 0.15) is 5.57 Å². The van der Waals surface area contributed by atoms with Gasteiger partial charge in [-0.2, -0.15) is 5.26 Å². The molecule has 0 bridgehead atoms. The van der Waals surface area contributed by atoms with Gasteiger partial charge in [0.15, 0.2) is 0 Å². The van der Waals surface area contributed by atoms with Crippen molar-refractivity contribution in [1.82, 2.24) is 0 Å². The SMILES string of the molecule is N#Cc1ccc(C=C(C(=O)Nc2ccc([N+](=O)[O-])cc2)C(=O)Nc2ccc([N+](=O)[O-])cc2)cc1. The van der Waals surface area contributed by atoms with Gasteiger partial charge in [0.2, 0.25) is 0 Å². The monoisotopic (exact) mass is 457 g/mol. The standard InChI is InChI=1S/C23H15N5O6/c24-14-16-3-1-15(2-4-16)13-21(22(29)25-17-5-9-19(10-6-17)27(31)32)23(30)26-18-7-11-20(12-8-18)28(33)34/h1-13H,(H,25,29)(H,26,30). The highest BCUT2D eigenvalue weighted by molar-refractivity contribution is 6.28. The fraction of sp³-hybridized carbons (Fsp3) is 0. The fourth-order valence-electron chi connectivity index (χ4n) is 2.78. The maximum atomic E-state index is 12.9. The summed E-state index contributed by atoms with van der Waals surface area (Å²) in [6, 6.07) is 18.2. The van der Waals surface area contributed by atoms with Gasteiger partial charge < -0.3 is 10.6 Å². The number of nitrogens with zero attached hydrogens (tertiary/aromatic N) is 3. The van der Waals surface area contributed by atoms with Crippen molar-refractivity contribution < 1.29 is 19.4 Å². The van der Waals surface area contributed by atoms with Gasteiger partial charge in [-0.15, -0.1) is 0 Å². The Morgan fingerprint density at radius 2 is 1.15 bits per heavy atom. The molecule has 0 radical (unpaired) electrons. The van der Waals surface area contributed by atoms with Gasteiger partial charge in [0.05, 0.1) is 21.5 Å². The second-order valence-electron chi connectivity index (χ2n) is 6.81. The first kappa shape index (κ1) is 23.3. The van der Waals surface area contributed by atoms with Gasteiger partial charge in [0.25, 0.3) is 23.2 Å². The van der Waals surface area contributed by atoms with Crippen LogP contribution in [0.1, 0.15) is 11.1 Å². The molecule has 3 aromatic rings. The average molecular weight is 457 g/mol. The number of nitro groups is 2. The zero-order chi connectivity index (χ0) is 24.7. The molecule has 0 spiro atoms. The maximum absolute atomic E-state index is 12.9. The number of hydrogen-bond acceptors (Lipinski definition) is 7. The lowest BCUT2D eigenvalue weighted by Crippen LogP contribution is -2.25. The van der Waals surface area contributed by atoms with E-state index in [4.69, 9.17) is 5.26 Å². The lowest BCUT2D eigenvalue weighted by atomic mass is 10.1. The molecule has 0 aliphatic heterocycles. The Bertz CT molecular complexity index is 1250. The minimum atomic E-state index is -0.794. The highest BCUT2D eigenvalue weighted by Crippen LogP contribution is 2.19. The lowest BCUT2D eigenvalue weighted by molar-refractivity contribution is -0.385. The molecule has 0 atom stereocenters. The summed E-state index contributed by atoms with van der Waals surface area (Å²) in [7, 11) is 0. The third kappa shape index (κ3) is 5.86. The molecule has 0 saturated carbocycles. The number of rotatable bonds is 7. The molecule has 0 saturated heterocycles. The van der Waals surface area contributed by atoms with E-state index in [1.54, 1.807) is 12.1 Å². The lowest BCUT2D eigenvalue weighted by Gasteiger charge is -2.10.